The van der Waals surface area contributed by atoms with Crippen LogP contribution in [0.3, 0.4) is 0 Å². The summed E-state index contributed by atoms with van der Waals surface area (Å²) in [7, 11) is 0. The van der Waals surface area contributed by atoms with Crippen molar-refractivity contribution in [3.05, 3.63) is 0 Å². The van der Waals surface area contributed by atoms with Crippen LogP contribution in [0.1, 0.15) is 86.0 Å². The molecule has 8 atom stereocenters. The SMILES string of the molecule is CSCC[C@H](NC(=O)[C@H](CC(C)C)NC(=O)[C@H](CC(C)C)NC(=O)[C@H](CCC(=O)O)NC(=O)[C@H](CCC(=O)O)NC(=O)[C@@H](NC(=O)CN)[C@@H](C)O)C(=O)N[C@@H](CC(=O)O)C(=O)O. The first kappa shape index (κ1) is 56.4. The summed E-state index contributed by atoms with van der Waals surface area (Å²) in [5.74, 6) is -13.1. The van der Waals surface area contributed by atoms with Crippen molar-refractivity contribution in [2.45, 2.75) is 134 Å². The van der Waals surface area contributed by atoms with E-state index in [9.17, 15) is 73.2 Å². The summed E-state index contributed by atoms with van der Waals surface area (Å²) in [5.41, 5.74) is 5.27. The molecule has 0 rings (SSSR count). The lowest BCUT2D eigenvalue weighted by Crippen LogP contribution is -2.61. The van der Waals surface area contributed by atoms with Gasteiger partial charge in [-0.1, -0.05) is 27.7 Å². The van der Waals surface area contributed by atoms with Crippen LogP contribution in [0, 0.1) is 11.8 Å². The highest BCUT2D eigenvalue weighted by molar-refractivity contribution is 7.98. The van der Waals surface area contributed by atoms with Crippen LogP contribution < -0.4 is 43.0 Å². The molecule has 0 aromatic rings. The van der Waals surface area contributed by atoms with E-state index >= 15 is 0 Å². The van der Waals surface area contributed by atoms with Crippen LogP contribution in [-0.4, -0.2) is 158 Å². The number of aliphatic carboxylic acids is 4. The molecule has 0 saturated heterocycles. The summed E-state index contributed by atoms with van der Waals surface area (Å²) in [5, 5.41) is 63.6. The number of carbonyl (C=O) groups is 11. The molecule has 62 heavy (non-hydrogen) atoms. The summed E-state index contributed by atoms with van der Waals surface area (Å²) < 4.78 is 0. The Labute approximate surface area is 362 Å². The quantitative estimate of drug-likeness (QED) is 0.0327. The summed E-state index contributed by atoms with van der Waals surface area (Å²) in [6.45, 7) is 7.43. The Kier molecular flexibility index (Phi) is 26.3. The Morgan fingerprint density at radius 1 is 0.500 bits per heavy atom. The molecule has 0 heterocycles. The van der Waals surface area contributed by atoms with Crippen LogP contribution in [0.2, 0.25) is 0 Å². The number of nitrogens with one attached hydrogen (secondary N) is 7. The van der Waals surface area contributed by atoms with Gasteiger partial charge in [0.2, 0.25) is 41.4 Å². The lowest BCUT2D eigenvalue weighted by molar-refractivity contribution is -0.147. The molecule has 0 aromatic carbocycles. The maximum absolute atomic E-state index is 13.9. The number of thioether (sulfide) groups is 1. The first-order chi connectivity index (χ1) is 28.8. The fourth-order valence-electron chi connectivity index (χ4n) is 5.62. The molecular weight excluding hydrogens is 845 g/mol. The van der Waals surface area contributed by atoms with E-state index in [-0.39, 0.29) is 31.1 Å². The maximum atomic E-state index is 13.9. The molecule has 0 fully saturated rings. The van der Waals surface area contributed by atoms with Gasteiger partial charge in [-0.15, -0.1) is 0 Å². The minimum absolute atomic E-state index is 0.000114. The van der Waals surface area contributed by atoms with E-state index in [1.807, 2.05) is 0 Å². The third-order valence-electron chi connectivity index (χ3n) is 8.74. The zero-order valence-corrected chi connectivity index (χ0v) is 36.4. The minimum atomic E-state index is -1.81. The van der Waals surface area contributed by atoms with Gasteiger partial charge in [0, 0.05) is 12.8 Å². The summed E-state index contributed by atoms with van der Waals surface area (Å²) in [6.07, 6.45) is -3.30. The third-order valence-corrected chi connectivity index (χ3v) is 9.39. The van der Waals surface area contributed by atoms with Crippen molar-refractivity contribution in [1.82, 2.24) is 37.2 Å². The topological polar surface area (TPSA) is 399 Å². The normalized spacial score (nSPS) is 14.9. The summed E-state index contributed by atoms with van der Waals surface area (Å²) in [4.78, 5) is 139. The van der Waals surface area contributed by atoms with Gasteiger partial charge < -0.3 is 68.5 Å². The number of rotatable bonds is 31. The van der Waals surface area contributed by atoms with E-state index < -0.39 is 152 Å². The minimum Gasteiger partial charge on any atom is -0.481 e. The molecule has 7 amide bonds. The Hall–Kier alpha value is -5.56. The molecule has 352 valence electrons. The number of hydrogen-bond acceptors (Lipinski definition) is 14. The number of carboxylic acids is 4. The molecule has 25 heteroatoms. The van der Waals surface area contributed by atoms with Crippen molar-refractivity contribution >= 4 is 77.0 Å². The molecule has 0 aliphatic carbocycles. The van der Waals surface area contributed by atoms with E-state index in [1.54, 1.807) is 34.0 Å². The first-order valence-electron chi connectivity index (χ1n) is 19.7. The molecule has 0 radical (unpaired) electrons. The Morgan fingerprint density at radius 2 is 0.855 bits per heavy atom. The number of carbonyl (C=O) groups excluding carboxylic acids is 7. The van der Waals surface area contributed by atoms with Gasteiger partial charge in [-0.25, -0.2) is 4.79 Å². The molecule has 0 bridgehead atoms. The van der Waals surface area contributed by atoms with Crippen molar-refractivity contribution in [3.8, 4) is 0 Å². The van der Waals surface area contributed by atoms with Crippen LogP contribution in [0.4, 0.5) is 0 Å². The predicted octanol–water partition coefficient (Wildman–Crippen LogP) is -3.15. The number of hydrogen-bond donors (Lipinski definition) is 13. The largest absolute Gasteiger partial charge is 0.481 e. The standard InChI is InChI=1S/C37H62N8O16S/c1-17(2)13-23(34(57)40-22(11-12-62-6)33(56)44-25(37(60)61)15-29(52)53)43-35(58)24(14-18(3)4)42-32(55)20(7-9-27(48)49)39-31(54)21(8-10-28(50)51)41-36(59)30(19(5)46)45-26(47)16-38/h17-25,30,46H,7-16,38H2,1-6H3,(H,39,54)(H,40,57)(H,41,59)(H,42,55)(H,43,58)(H,44,56)(H,45,47)(H,48,49)(H,50,51)(H,52,53)(H,60,61)/t19-,20+,21+,22+,23+,24+,25+,30+/m1/s1. The smallest absolute Gasteiger partial charge is 0.326 e. The van der Waals surface area contributed by atoms with Gasteiger partial charge >= 0.3 is 23.9 Å². The van der Waals surface area contributed by atoms with E-state index in [4.69, 9.17) is 10.8 Å². The average molecular weight is 907 g/mol. The van der Waals surface area contributed by atoms with Crippen molar-refractivity contribution in [1.29, 1.82) is 0 Å². The molecule has 0 aliphatic heterocycles. The zero-order chi connectivity index (χ0) is 47.9. The number of amides is 7. The first-order valence-corrected chi connectivity index (χ1v) is 21.1. The Balaban J connectivity index is 6.58. The highest BCUT2D eigenvalue weighted by atomic mass is 32.2. The highest BCUT2D eigenvalue weighted by Gasteiger charge is 2.35. The number of carboxylic acid groups (broad SMARTS) is 4. The van der Waals surface area contributed by atoms with Crippen molar-refractivity contribution < 1.29 is 78.3 Å². The van der Waals surface area contributed by atoms with E-state index in [1.165, 1.54) is 11.8 Å². The molecule has 0 unspecified atom stereocenters. The van der Waals surface area contributed by atoms with Gasteiger partial charge in [0.25, 0.3) is 0 Å². The van der Waals surface area contributed by atoms with E-state index in [2.05, 4.69) is 37.2 Å². The second-order valence-electron chi connectivity index (χ2n) is 15.2. The zero-order valence-electron chi connectivity index (χ0n) is 35.6. The lowest BCUT2D eigenvalue weighted by atomic mass is 9.99. The second-order valence-corrected chi connectivity index (χ2v) is 16.2. The number of nitrogens with two attached hydrogens (primary N) is 1. The van der Waals surface area contributed by atoms with Crippen LogP contribution >= 0.6 is 11.8 Å². The van der Waals surface area contributed by atoms with Crippen molar-refractivity contribution in [2.24, 2.45) is 17.6 Å². The van der Waals surface area contributed by atoms with Gasteiger partial charge in [0.1, 0.15) is 42.3 Å². The predicted molar refractivity (Wildman–Crippen MR) is 220 cm³/mol. The van der Waals surface area contributed by atoms with E-state index in [0.29, 0.717) is 5.75 Å². The fourth-order valence-corrected chi connectivity index (χ4v) is 6.09. The van der Waals surface area contributed by atoms with Crippen LogP contribution in [-0.2, 0) is 52.7 Å². The van der Waals surface area contributed by atoms with Crippen LogP contribution in [0.5, 0.6) is 0 Å². The number of aliphatic hydroxyl groups excluding tert-OH is 1. The van der Waals surface area contributed by atoms with Gasteiger partial charge in [-0.05, 0) is 62.9 Å². The fraction of sp³-hybridized carbons (Fsp3) is 0.703. The maximum Gasteiger partial charge on any atom is 0.326 e. The molecule has 24 nitrogen and oxygen atoms in total. The van der Waals surface area contributed by atoms with Gasteiger partial charge in [0.15, 0.2) is 0 Å². The molecule has 0 aromatic heterocycles. The summed E-state index contributed by atoms with van der Waals surface area (Å²) >= 11 is 1.30. The average Bonchev–Trinajstić information content (AvgIpc) is 3.16. The van der Waals surface area contributed by atoms with Gasteiger partial charge in [-0.3, -0.25) is 47.9 Å². The van der Waals surface area contributed by atoms with Crippen LogP contribution in [0.15, 0.2) is 0 Å². The number of aliphatic hydroxyl groups is 1. The molecule has 0 saturated carbocycles. The van der Waals surface area contributed by atoms with Crippen LogP contribution in [0.25, 0.3) is 0 Å². The van der Waals surface area contributed by atoms with E-state index in [0.717, 1.165) is 6.92 Å². The molecule has 14 N–H and O–H groups in total. The molecule has 0 spiro atoms. The van der Waals surface area contributed by atoms with Crippen molar-refractivity contribution in [3.63, 3.8) is 0 Å². The molecule has 0 aliphatic rings. The molecular formula is C37H62N8O16S. The van der Waals surface area contributed by atoms with Gasteiger partial charge in [0.05, 0.1) is 19.1 Å². The monoisotopic (exact) mass is 906 g/mol. The Morgan fingerprint density at radius 3 is 1.18 bits per heavy atom. The second kappa shape index (κ2) is 28.9. The lowest BCUT2D eigenvalue weighted by Gasteiger charge is -2.29. The third kappa shape index (κ3) is 22.9. The van der Waals surface area contributed by atoms with Crippen molar-refractivity contribution in [2.75, 3.05) is 18.6 Å². The Bertz CT molecular complexity index is 1600. The van der Waals surface area contributed by atoms with Gasteiger partial charge in [-0.2, -0.15) is 11.8 Å². The summed E-state index contributed by atoms with van der Waals surface area (Å²) in [6, 6.07) is -11.0. The highest BCUT2D eigenvalue weighted by Crippen LogP contribution is 2.12.